The molecule has 0 spiro atoms. The summed E-state index contributed by atoms with van der Waals surface area (Å²) in [6, 6.07) is 26.2. The van der Waals surface area contributed by atoms with Gasteiger partial charge in [0.2, 0.25) is 0 Å². The first kappa shape index (κ1) is 22.8. The summed E-state index contributed by atoms with van der Waals surface area (Å²) < 4.78 is 1.75. The number of nitrogens with zero attached hydrogens (tertiary/aromatic N) is 4. The Morgan fingerprint density at radius 1 is 0.833 bits per heavy atom. The van der Waals surface area contributed by atoms with Gasteiger partial charge in [-0.25, -0.2) is 9.97 Å². The Hall–Kier alpha value is -3.61. The van der Waals surface area contributed by atoms with Crippen molar-refractivity contribution in [3.63, 3.8) is 0 Å². The number of aromatic nitrogens is 3. The summed E-state index contributed by atoms with van der Waals surface area (Å²) in [5, 5.41) is 1.91. The standard InChI is InChI=1S/C29H23ClN4OS/c1-18-3-7-20(8-4-18)24-15-25(21-9-5-19(2)6-10-21)31-27-26(24)28(35)34-16-33(17-36-29(34)32-27)23-13-11-22(30)12-14-23/h3-15H,16-17H2,1-2H3. The van der Waals surface area contributed by atoms with E-state index in [0.717, 1.165) is 33.6 Å². The van der Waals surface area contributed by atoms with Crippen LogP contribution in [0.4, 0.5) is 5.69 Å². The summed E-state index contributed by atoms with van der Waals surface area (Å²) in [5.41, 5.74) is 7.37. The maximum absolute atomic E-state index is 14.0. The largest absolute Gasteiger partial charge is 0.343 e. The minimum atomic E-state index is -0.0836. The highest BCUT2D eigenvalue weighted by molar-refractivity contribution is 7.99. The summed E-state index contributed by atoms with van der Waals surface area (Å²) in [5.74, 6) is 0.683. The SMILES string of the molecule is Cc1ccc(-c2cc(-c3ccc(C)cc3)c3c(=O)n4c(nc3n2)SCN(c2ccc(Cl)cc2)C4)cc1. The quantitative estimate of drug-likeness (QED) is 0.246. The second-order valence-electron chi connectivity index (χ2n) is 9.04. The Balaban J connectivity index is 1.54. The normalized spacial score (nSPS) is 13.1. The number of hydrogen-bond donors (Lipinski definition) is 0. The molecule has 3 aromatic carbocycles. The molecule has 0 atom stereocenters. The van der Waals surface area contributed by atoms with Crippen molar-refractivity contribution >= 4 is 40.1 Å². The van der Waals surface area contributed by atoms with Crippen LogP contribution in [0, 0.1) is 13.8 Å². The third-order valence-electron chi connectivity index (χ3n) is 6.46. The van der Waals surface area contributed by atoms with Crippen LogP contribution in [0.5, 0.6) is 0 Å². The van der Waals surface area contributed by atoms with Crippen molar-refractivity contribution in [1.29, 1.82) is 0 Å². The summed E-state index contributed by atoms with van der Waals surface area (Å²) in [7, 11) is 0. The number of hydrogen-bond acceptors (Lipinski definition) is 5. The molecule has 0 saturated heterocycles. The molecule has 1 aliphatic rings. The lowest BCUT2D eigenvalue weighted by Gasteiger charge is -2.30. The van der Waals surface area contributed by atoms with Crippen LogP contribution in [0.1, 0.15) is 11.1 Å². The van der Waals surface area contributed by atoms with Gasteiger partial charge in [0.05, 0.1) is 17.0 Å². The lowest BCUT2D eigenvalue weighted by atomic mass is 9.99. The molecule has 36 heavy (non-hydrogen) atoms. The molecular formula is C29H23ClN4OS. The summed E-state index contributed by atoms with van der Waals surface area (Å²) in [4.78, 5) is 25.9. The van der Waals surface area contributed by atoms with Gasteiger partial charge in [-0.3, -0.25) is 9.36 Å². The average Bonchev–Trinajstić information content (AvgIpc) is 2.89. The zero-order chi connectivity index (χ0) is 24.8. The fourth-order valence-corrected chi connectivity index (χ4v) is 5.49. The second-order valence-corrected chi connectivity index (χ2v) is 10.4. The van der Waals surface area contributed by atoms with Gasteiger partial charge in [0, 0.05) is 21.8 Å². The van der Waals surface area contributed by atoms with Crippen molar-refractivity contribution < 1.29 is 0 Å². The van der Waals surface area contributed by atoms with Crippen molar-refractivity contribution in [2.24, 2.45) is 0 Å². The van der Waals surface area contributed by atoms with Crippen LogP contribution >= 0.6 is 23.4 Å². The first-order chi connectivity index (χ1) is 17.5. The lowest BCUT2D eigenvalue weighted by molar-refractivity contribution is 0.568. The molecule has 0 radical (unpaired) electrons. The molecule has 5 aromatic rings. The van der Waals surface area contributed by atoms with Crippen LogP contribution in [-0.4, -0.2) is 20.4 Å². The summed E-state index contributed by atoms with van der Waals surface area (Å²) >= 11 is 7.61. The molecule has 7 heteroatoms. The van der Waals surface area contributed by atoms with E-state index < -0.39 is 0 Å². The topological polar surface area (TPSA) is 51.0 Å². The van der Waals surface area contributed by atoms with Gasteiger partial charge in [-0.1, -0.05) is 83.0 Å². The van der Waals surface area contributed by atoms with E-state index in [1.807, 2.05) is 30.3 Å². The molecule has 178 valence electrons. The molecule has 5 nitrogen and oxygen atoms in total. The van der Waals surface area contributed by atoms with E-state index in [4.69, 9.17) is 21.6 Å². The Morgan fingerprint density at radius 3 is 2.14 bits per heavy atom. The van der Waals surface area contributed by atoms with Crippen LogP contribution < -0.4 is 10.5 Å². The lowest BCUT2D eigenvalue weighted by Crippen LogP contribution is -2.37. The first-order valence-corrected chi connectivity index (χ1v) is 13.1. The third-order valence-corrected chi connectivity index (χ3v) is 7.72. The number of rotatable bonds is 3. The van der Waals surface area contributed by atoms with Crippen LogP contribution in [0.15, 0.2) is 88.8 Å². The zero-order valence-electron chi connectivity index (χ0n) is 19.9. The van der Waals surface area contributed by atoms with Crippen LogP contribution in [0.25, 0.3) is 33.4 Å². The number of thioether (sulfide) groups is 1. The van der Waals surface area contributed by atoms with Crippen molar-refractivity contribution in [3.05, 3.63) is 105 Å². The molecule has 0 saturated carbocycles. The number of anilines is 1. The predicted molar refractivity (Wildman–Crippen MR) is 149 cm³/mol. The van der Waals surface area contributed by atoms with E-state index in [1.54, 1.807) is 4.57 Å². The van der Waals surface area contributed by atoms with E-state index in [-0.39, 0.29) is 5.56 Å². The average molecular weight is 511 g/mol. The minimum absolute atomic E-state index is 0.0836. The number of aryl methyl sites for hydroxylation is 2. The molecular weight excluding hydrogens is 488 g/mol. The Morgan fingerprint density at radius 2 is 1.47 bits per heavy atom. The van der Waals surface area contributed by atoms with E-state index >= 15 is 0 Å². The molecule has 0 unspecified atom stereocenters. The number of benzene rings is 3. The molecule has 0 N–H and O–H groups in total. The Bertz CT molecular complexity index is 1650. The molecule has 6 rings (SSSR count). The monoisotopic (exact) mass is 510 g/mol. The van der Waals surface area contributed by atoms with E-state index in [0.29, 0.717) is 33.8 Å². The Kier molecular flexibility index (Phi) is 5.78. The molecule has 3 heterocycles. The van der Waals surface area contributed by atoms with Gasteiger partial charge in [0.25, 0.3) is 5.56 Å². The van der Waals surface area contributed by atoms with Crippen LogP contribution in [0.2, 0.25) is 5.02 Å². The Labute approximate surface area is 218 Å². The fraction of sp³-hybridized carbons (Fsp3) is 0.138. The second kappa shape index (κ2) is 9.12. The predicted octanol–water partition coefficient (Wildman–Crippen LogP) is 6.92. The number of halogens is 1. The molecule has 0 bridgehead atoms. The van der Waals surface area contributed by atoms with Crippen molar-refractivity contribution in [2.75, 3.05) is 10.8 Å². The zero-order valence-corrected chi connectivity index (χ0v) is 21.5. The van der Waals surface area contributed by atoms with E-state index in [1.165, 1.54) is 17.3 Å². The van der Waals surface area contributed by atoms with E-state index in [9.17, 15) is 4.79 Å². The smallest absolute Gasteiger partial charge is 0.265 e. The van der Waals surface area contributed by atoms with Crippen molar-refractivity contribution in [3.8, 4) is 22.4 Å². The molecule has 0 fully saturated rings. The number of pyridine rings is 1. The van der Waals surface area contributed by atoms with Gasteiger partial charge in [-0.05, 0) is 49.7 Å². The minimum Gasteiger partial charge on any atom is -0.343 e. The molecule has 0 amide bonds. The fourth-order valence-electron chi connectivity index (χ4n) is 4.42. The van der Waals surface area contributed by atoms with Gasteiger partial charge < -0.3 is 4.90 Å². The van der Waals surface area contributed by atoms with Crippen LogP contribution in [-0.2, 0) is 6.67 Å². The maximum atomic E-state index is 14.0. The first-order valence-electron chi connectivity index (χ1n) is 11.7. The van der Waals surface area contributed by atoms with Crippen molar-refractivity contribution in [2.45, 2.75) is 25.7 Å². The number of fused-ring (bicyclic) bond motifs is 2. The molecule has 0 aliphatic carbocycles. The summed E-state index contributed by atoms with van der Waals surface area (Å²) in [6.07, 6.45) is 0. The summed E-state index contributed by atoms with van der Waals surface area (Å²) in [6.45, 7) is 4.54. The van der Waals surface area contributed by atoms with Gasteiger partial charge in [-0.15, -0.1) is 0 Å². The van der Waals surface area contributed by atoms with Crippen molar-refractivity contribution in [1.82, 2.24) is 14.5 Å². The molecule has 2 aromatic heterocycles. The highest BCUT2D eigenvalue weighted by atomic mass is 35.5. The van der Waals surface area contributed by atoms with Gasteiger partial charge >= 0.3 is 0 Å². The highest BCUT2D eigenvalue weighted by Gasteiger charge is 2.24. The van der Waals surface area contributed by atoms with E-state index in [2.05, 4.69) is 67.3 Å². The third kappa shape index (κ3) is 4.16. The van der Waals surface area contributed by atoms with Gasteiger partial charge in [0.1, 0.15) is 6.67 Å². The van der Waals surface area contributed by atoms with Gasteiger partial charge in [0.15, 0.2) is 10.8 Å². The van der Waals surface area contributed by atoms with Crippen LogP contribution in [0.3, 0.4) is 0 Å². The maximum Gasteiger partial charge on any atom is 0.265 e. The highest BCUT2D eigenvalue weighted by Crippen LogP contribution is 2.33. The van der Waals surface area contributed by atoms with Gasteiger partial charge in [-0.2, -0.15) is 0 Å². The molecule has 1 aliphatic heterocycles.